The van der Waals surface area contributed by atoms with Crippen LogP contribution < -0.4 is 10.9 Å². The number of fused-ring (bicyclic) bond motifs is 1. The highest BCUT2D eigenvalue weighted by molar-refractivity contribution is 5.81. The van der Waals surface area contributed by atoms with Gasteiger partial charge in [0, 0.05) is 43.6 Å². The Kier molecular flexibility index (Phi) is 9.74. The molecule has 3 aromatic rings. The third-order valence-corrected chi connectivity index (χ3v) is 7.23. The average molecular weight is 523 g/mol. The highest BCUT2D eigenvalue weighted by Crippen LogP contribution is 2.28. The lowest BCUT2D eigenvalue weighted by atomic mass is 10.00. The third-order valence-electron chi connectivity index (χ3n) is 7.23. The van der Waals surface area contributed by atoms with Crippen LogP contribution in [-0.2, 0) is 27.4 Å². The Morgan fingerprint density at radius 2 is 2.05 bits per heavy atom. The van der Waals surface area contributed by atoms with E-state index in [0.717, 1.165) is 79.8 Å². The molecule has 1 aliphatic rings. The van der Waals surface area contributed by atoms with Gasteiger partial charge in [0.25, 0.3) is 5.56 Å². The van der Waals surface area contributed by atoms with Gasteiger partial charge in [0.1, 0.15) is 11.9 Å². The van der Waals surface area contributed by atoms with Gasteiger partial charge in [0.05, 0.1) is 17.6 Å². The molecule has 1 aromatic carbocycles. The first kappa shape index (κ1) is 28.0. The summed E-state index contributed by atoms with van der Waals surface area (Å²) in [5.74, 6) is 1.57. The van der Waals surface area contributed by atoms with Crippen molar-refractivity contribution in [1.82, 2.24) is 19.9 Å². The van der Waals surface area contributed by atoms with Crippen LogP contribution in [0.1, 0.15) is 64.0 Å². The van der Waals surface area contributed by atoms with Crippen molar-refractivity contribution >= 4 is 17.0 Å². The maximum Gasteiger partial charge on any atom is 0.323 e. The van der Waals surface area contributed by atoms with Gasteiger partial charge >= 0.3 is 5.97 Å². The number of carbonyl (C=O) groups excluding carboxylic acids is 1. The quantitative estimate of drug-likeness (QED) is 0.257. The molecule has 2 N–H and O–H groups in total. The standard InChI is InChI=1S/C30H42N4O4/c1-5-6-11-38-30(36)26(14-20(2)3)31-17-23-7-8-27-25(16-23)33-28(24-15-21(4)29(35)32-18-24)34(27)19-22-9-12-37-13-10-22/h7-8,15-16,18,20,22,26,31H,5-6,9-14,17,19H2,1-4H3,(H,32,35). The number of ether oxygens (including phenoxy) is 2. The van der Waals surface area contributed by atoms with Gasteiger partial charge in [0.2, 0.25) is 0 Å². The SMILES string of the molecule is CCCCOC(=O)C(CC(C)C)NCc1ccc2c(c1)nc(-c1c[nH]c(=O)c(C)c1)n2CC1CCOCC1. The maximum absolute atomic E-state index is 12.7. The number of nitrogens with zero attached hydrogens (tertiary/aromatic N) is 2. The molecule has 0 amide bonds. The summed E-state index contributed by atoms with van der Waals surface area (Å²) in [6.07, 6.45) is 6.40. The van der Waals surface area contributed by atoms with Crippen LogP contribution >= 0.6 is 0 Å². The molecule has 0 aliphatic carbocycles. The highest BCUT2D eigenvalue weighted by atomic mass is 16.5. The van der Waals surface area contributed by atoms with Crippen molar-refractivity contribution in [1.29, 1.82) is 0 Å². The molecular weight excluding hydrogens is 480 g/mol. The van der Waals surface area contributed by atoms with Crippen molar-refractivity contribution in [3.05, 3.63) is 51.9 Å². The predicted octanol–water partition coefficient (Wildman–Crippen LogP) is 4.97. The number of imidazole rings is 1. The lowest BCUT2D eigenvalue weighted by molar-refractivity contribution is -0.146. The number of H-pyrrole nitrogens is 1. The van der Waals surface area contributed by atoms with Crippen molar-refractivity contribution in [2.45, 2.75) is 78.9 Å². The van der Waals surface area contributed by atoms with Crippen molar-refractivity contribution in [3.8, 4) is 11.4 Å². The van der Waals surface area contributed by atoms with Gasteiger partial charge in [-0.05, 0) is 68.2 Å². The summed E-state index contributed by atoms with van der Waals surface area (Å²) in [4.78, 5) is 32.6. The first-order valence-corrected chi connectivity index (χ1v) is 14.0. The summed E-state index contributed by atoms with van der Waals surface area (Å²) in [7, 11) is 0. The van der Waals surface area contributed by atoms with Crippen LogP contribution in [0.3, 0.4) is 0 Å². The number of rotatable bonds is 12. The fraction of sp³-hybridized carbons (Fsp3) is 0.567. The molecule has 1 saturated heterocycles. The summed E-state index contributed by atoms with van der Waals surface area (Å²) < 4.78 is 13.4. The molecule has 0 saturated carbocycles. The summed E-state index contributed by atoms with van der Waals surface area (Å²) in [5, 5.41) is 3.43. The van der Waals surface area contributed by atoms with E-state index in [2.05, 4.69) is 53.8 Å². The Morgan fingerprint density at radius 1 is 1.26 bits per heavy atom. The van der Waals surface area contributed by atoms with Gasteiger partial charge in [0.15, 0.2) is 0 Å². The van der Waals surface area contributed by atoms with Crippen LogP contribution in [0.25, 0.3) is 22.4 Å². The molecule has 4 rings (SSSR count). The highest BCUT2D eigenvalue weighted by Gasteiger charge is 2.22. The van der Waals surface area contributed by atoms with E-state index >= 15 is 0 Å². The molecule has 8 nitrogen and oxygen atoms in total. The van der Waals surface area contributed by atoms with Crippen molar-refractivity contribution in [3.63, 3.8) is 0 Å². The van der Waals surface area contributed by atoms with Gasteiger partial charge in [-0.2, -0.15) is 0 Å². The number of hydrogen-bond acceptors (Lipinski definition) is 6. The van der Waals surface area contributed by atoms with E-state index in [-0.39, 0.29) is 17.6 Å². The molecule has 8 heteroatoms. The number of hydrogen-bond donors (Lipinski definition) is 2. The molecule has 1 atom stereocenters. The fourth-order valence-electron chi connectivity index (χ4n) is 5.00. The zero-order valence-electron chi connectivity index (χ0n) is 23.2. The van der Waals surface area contributed by atoms with Gasteiger partial charge in [-0.3, -0.25) is 9.59 Å². The van der Waals surface area contributed by atoms with E-state index in [4.69, 9.17) is 14.5 Å². The number of carbonyl (C=O) groups is 1. The minimum Gasteiger partial charge on any atom is -0.465 e. The Bertz CT molecular complexity index is 1270. The monoisotopic (exact) mass is 522 g/mol. The molecule has 0 spiro atoms. The topological polar surface area (TPSA) is 98.2 Å². The lowest BCUT2D eigenvalue weighted by Gasteiger charge is -2.23. The number of unbranched alkanes of at least 4 members (excludes halogenated alkanes) is 1. The molecule has 3 heterocycles. The molecule has 1 fully saturated rings. The van der Waals surface area contributed by atoms with Crippen LogP contribution in [0.4, 0.5) is 0 Å². The third kappa shape index (κ3) is 7.11. The lowest BCUT2D eigenvalue weighted by Crippen LogP contribution is -2.38. The number of aromatic amines is 1. The summed E-state index contributed by atoms with van der Waals surface area (Å²) in [6.45, 7) is 11.6. The van der Waals surface area contributed by atoms with E-state index in [1.54, 1.807) is 6.20 Å². The Labute approximate surface area is 225 Å². The molecular formula is C30H42N4O4. The first-order valence-electron chi connectivity index (χ1n) is 14.0. The second kappa shape index (κ2) is 13.2. The average Bonchev–Trinajstić information content (AvgIpc) is 3.26. The summed E-state index contributed by atoms with van der Waals surface area (Å²) in [5.41, 5.74) is 4.51. The minimum atomic E-state index is -0.340. The number of benzene rings is 1. The zero-order chi connectivity index (χ0) is 27.1. The van der Waals surface area contributed by atoms with E-state index < -0.39 is 0 Å². The van der Waals surface area contributed by atoms with E-state index in [1.807, 2.05) is 13.0 Å². The Balaban J connectivity index is 1.59. The van der Waals surface area contributed by atoms with Crippen LogP contribution in [0.15, 0.2) is 35.3 Å². The maximum atomic E-state index is 12.7. The Morgan fingerprint density at radius 3 is 2.76 bits per heavy atom. The normalized spacial score (nSPS) is 15.3. The second-order valence-electron chi connectivity index (χ2n) is 10.9. The van der Waals surface area contributed by atoms with Crippen molar-refractivity contribution in [2.75, 3.05) is 19.8 Å². The molecule has 206 valence electrons. The second-order valence-corrected chi connectivity index (χ2v) is 10.9. The summed E-state index contributed by atoms with van der Waals surface area (Å²) in [6, 6.07) is 7.89. The van der Waals surface area contributed by atoms with Crippen LogP contribution in [-0.4, -0.2) is 46.4 Å². The zero-order valence-corrected chi connectivity index (χ0v) is 23.2. The van der Waals surface area contributed by atoms with Crippen LogP contribution in [0.2, 0.25) is 0 Å². The van der Waals surface area contributed by atoms with Gasteiger partial charge in [-0.1, -0.05) is 33.3 Å². The number of nitrogens with one attached hydrogen (secondary N) is 2. The Hall–Kier alpha value is -2.97. The van der Waals surface area contributed by atoms with Crippen LogP contribution in [0, 0.1) is 18.8 Å². The predicted molar refractivity (Wildman–Crippen MR) is 150 cm³/mol. The van der Waals surface area contributed by atoms with Crippen LogP contribution in [0.5, 0.6) is 0 Å². The number of aryl methyl sites for hydroxylation is 1. The molecule has 0 radical (unpaired) electrons. The first-order chi connectivity index (χ1) is 18.4. The van der Waals surface area contributed by atoms with Gasteiger partial charge in [-0.25, -0.2) is 4.98 Å². The van der Waals surface area contributed by atoms with E-state index in [0.29, 0.717) is 30.6 Å². The molecule has 1 aliphatic heterocycles. The van der Waals surface area contributed by atoms with Gasteiger partial charge in [-0.15, -0.1) is 0 Å². The fourth-order valence-corrected chi connectivity index (χ4v) is 5.00. The molecule has 38 heavy (non-hydrogen) atoms. The van der Waals surface area contributed by atoms with E-state index in [9.17, 15) is 9.59 Å². The number of esters is 1. The molecule has 1 unspecified atom stereocenters. The number of aromatic nitrogens is 3. The number of pyridine rings is 1. The van der Waals surface area contributed by atoms with Crippen molar-refractivity contribution < 1.29 is 14.3 Å². The largest absolute Gasteiger partial charge is 0.465 e. The van der Waals surface area contributed by atoms with E-state index in [1.165, 1.54) is 0 Å². The molecule has 2 aromatic heterocycles. The minimum absolute atomic E-state index is 0.0848. The van der Waals surface area contributed by atoms with Gasteiger partial charge < -0.3 is 24.3 Å². The van der Waals surface area contributed by atoms with Crippen molar-refractivity contribution in [2.24, 2.45) is 11.8 Å². The summed E-state index contributed by atoms with van der Waals surface area (Å²) >= 11 is 0. The smallest absolute Gasteiger partial charge is 0.323 e. The molecule has 0 bridgehead atoms.